The lowest BCUT2D eigenvalue weighted by Gasteiger charge is -2.62. The average Bonchev–Trinajstić information content (AvgIpc) is 0.872. The molecule has 0 N–H and O–H groups in total. The van der Waals surface area contributed by atoms with Gasteiger partial charge in [-0.3, -0.25) is 24.0 Å². The second-order valence-corrected chi connectivity index (χ2v) is 35.8. The van der Waals surface area contributed by atoms with Gasteiger partial charge in [0.25, 0.3) is 0 Å². The highest BCUT2D eigenvalue weighted by molar-refractivity contribution is 5.78. The molecule has 11 aliphatic carbocycles. The van der Waals surface area contributed by atoms with Crippen molar-refractivity contribution in [1.29, 1.82) is 0 Å². The number of hydrogen-bond acceptors (Lipinski definition) is 10. The molecule has 0 spiro atoms. The van der Waals surface area contributed by atoms with Crippen molar-refractivity contribution in [2.75, 3.05) is 0 Å². The van der Waals surface area contributed by atoms with E-state index >= 15 is 0 Å². The monoisotopic (exact) mass is 1260 g/mol. The van der Waals surface area contributed by atoms with Crippen LogP contribution in [0.2, 0.25) is 0 Å². The van der Waals surface area contributed by atoms with Crippen molar-refractivity contribution < 1.29 is 47.7 Å². The van der Waals surface area contributed by atoms with Crippen molar-refractivity contribution in [3.8, 4) is 0 Å². The van der Waals surface area contributed by atoms with Gasteiger partial charge >= 0.3 is 29.8 Å². The molecule has 0 aromatic carbocycles. The molecule has 2 unspecified atom stereocenters. The van der Waals surface area contributed by atoms with E-state index in [1.165, 1.54) is 135 Å². The van der Waals surface area contributed by atoms with Crippen LogP contribution in [0.15, 0.2) is 0 Å². The molecule has 10 nitrogen and oxygen atoms in total. The van der Waals surface area contributed by atoms with E-state index < -0.39 is 0 Å². The summed E-state index contributed by atoms with van der Waals surface area (Å²) in [4.78, 5) is 61.3. The van der Waals surface area contributed by atoms with Gasteiger partial charge in [-0.2, -0.15) is 0 Å². The van der Waals surface area contributed by atoms with Crippen molar-refractivity contribution >= 4 is 29.8 Å². The first-order valence-electron chi connectivity index (χ1n) is 37.8. The van der Waals surface area contributed by atoms with Gasteiger partial charge in [0.05, 0.1) is 27.6 Å². The van der Waals surface area contributed by atoms with Gasteiger partial charge in [0, 0.05) is 10.8 Å². The highest BCUT2D eigenvalue weighted by Gasteiger charge is 2.61. The number of esters is 5. The molecule has 2 atom stereocenters. The molecule has 0 aromatic rings. The third-order valence-electron chi connectivity index (χ3n) is 26.8. The molecule has 11 aliphatic rings. The van der Waals surface area contributed by atoms with Crippen LogP contribution in [-0.2, 0) is 47.7 Å². The number of carbonyl (C=O) groups is 5. The molecule has 0 amide bonds. The van der Waals surface area contributed by atoms with E-state index in [1.54, 1.807) is 0 Å². The minimum atomic E-state index is -0.362. The predicted octanol–water partition coefficient (Wildman–Crippen LogP) is 21.9. The van der Waals surface area contributed by atoms with Crippen LogP contribution >= 0.6 is 0 Å². The fourth-order valence-electron chi connectivity index (χ4n) is 17.9. The Morgan fingerprint density at radius 2 is 0.767 bits per heavy atom. The van der Waals surface area contributed by atoms with E-state index in [9.17, 15) is 24.0 Å². The molecule has 0 aliphatic heterocycles. The SMILES string of the molecule is CCC(C)(C)C(=O)OC(C)(C)C12CC3CC(CC(C3)C1)C2.CCC(C)(C)C(=O)OC(C)(C)C1CCCCC1.CCC(C)(C)C(=O)OC(C)(CC)C12CC3CC(CC(C3)C1)C2.CCC(C)(C)C(=O)OC1(C(C)C)CCCC1.CCC(C)C(=O)OC1(CC)CCCC1. The number of carbonyl (C=O) groups excluding carboxylic acids is 5. The summed E-state index contributed by atoms with van der Waals surface area (Å²) in [6.45, 7) is 47.5. The molecular formula is C80H142O10. The summed E-state index contributed by atoms with van der Waals surface area (Å²) in [5.41, 5.74) is -2.08. The van der Waals surface area contributed by atoms with Gasteiger partial charge in [0.2, 0.25) is 0 Å². The highest BCUT2D eigenvalue weighted by atomic mass is 16.6. The second-order valence-electron chi connectivity index (χ2n) is 35.8. The van der Waals surface area contributed by atoms with Crippen molar-refractivity contribution in [3.05, 3.63) is 0 Å². The summed E-state index contributed by atoms with van der Waals surface area (Å²) in [5.74, 6) is 6.33. The number of rotatable bonds is 21. The van der Waals surface area contributed by atoms with Gasteiger partial charge in [-0.15, -0.1) is 0 Å². The molecule has 11 fully saturated rings. The quantitative estimate of drug-likeness (QED) is 0.0808. The summed E-state index contributed by atoms with van der Waals surface area (Å²) in [5, 5.41) is 0. The number of ether oxygens (including phenoxy) is 5. The lowest BCUT2D eigenvalue weighted by molar-refractivity contribution is -0.212. The Morgan fingerprint density at radius 3 is 1.12 bits per heavy atom. The van der Waals surface area contributed by atoms with Crippen LogP contribution in [0.25, 0.3) is 0 Å². The van der Waals surface area contributed by atoms with Crippen LogP contribution in [0.3, 0.4) is 0 Å². The fraction of sp³-hybridized carbons (Fsp3) is 0.938. The van der Waals surface area contributed by atoms with Crippen LogP contribution in [0.1, 0.15) is 365 Å². The van der Waals surface area contributed by atoms with Crippen LogP contribution in [0.4, 0.5) is 0 Å². The molecular weight excluding hydrogens is 1120 g/mol. The maximum atomic E-state index is 12.7. The van der Waals surface area contributed by atoms with E-state index in [2.05, 4.69) is 76.2 Å². The Balaban J connectivity index is 0.000000207. The van der Waals surface area contributed by atoms with Crippen molar-refractivity contribution in [1.82, 2.24) is 0 Å². The molecule has 0 heterocycles. The summed E-state index contributed by atoms with van der Waals surface area (Å²) in [6.07, 6.45) is 37.8. The molecule has 10 heteroatoms. The third kappa shape index (κ3) is 18.7. The molecule has 522 valence electrons. The lowest BCUT2D eigenvalue weighted by atomic mass is 9.45. The molecule has 11 saturated carbocycles. The molecule has 0 radical (unpaired) electrons. The van der Waals surface area contributed by atoms with Crippen LogP contribution < -0.4 is 0 Å². The Morgan fingerprint density at radius 1 is 0.411 bits per heavy atom. The Kier molecular flexibility index (Phi) is 26.9. The van der Waals surface area contributed by atoms with Gasteiger partial charge in [-0.25, -0.2) is 0 Å². The summed E-state index contributed by atoms with van der Waals surface area (Å²) >= 11 is 0. The first-order valence-corrected chi connectivity index (χ1v) is 37.8. The molecule has 11 rings (SSSR count). The van der Waals surface area contributed by atoms with E-state index in [0.717, 1.165) is 106 Å². The van der Waals surface area contributed by atoms with E-state index in [1.807, 2.05) is 83.1 Å². The fourth-order valence-corrected chi connectivity index (χ4v) is 17.9. The maximum Gasteiger partial charge on any atom is 0.312 e. The predicted molar refractivity (Wildman–Crippen MR) is 368 cm³/mol. The van der Waals surface area contributed by atoms with E-state index in [-0.39, 0.29) is 96.3 Å². The molecule has 8 bridgehead atoms. The van der Waals surface area contributed by atoms with Crippen LogP contribution in [0, 0.1) is 85.8 Å². The van der Waals surface area contributed by atoms with Gasteiger partial charge in [0.15, 0.2) is 0 Å². The van der Waals surface area contributed by atoms with Crippen molar-refractivity contribution in [3.63, 3.8) is 0 Å². The minimum absolute atomic E-state index is 0.00347. The first kappa shape index (κ1) is 78.0. The highest BCUT2D eigenvalue weighted by Crippen LogP contribution is 2.66. The topological polar surface area (TPSA) is 132 Å². The summed E-state index contributed by atoms with van der Waals surface area (Å²) in [6, 6.07) is 0. The third-order valence-corrected chi connectivity index (χ3v) is 26.8. The van der Waals surface area contributed by atoms with Gasteiger partial charge in [-0.05, 0) is 324 Å². The number of hydrogen-bond donors (Lipinski definition) is 0. The van der Waals surface area contributed by atoms with Crippen molar-refractivity contribution in [2.24, 2.45) is 85.8 Å². The lowest BCUT2D eigenvalue weighted by Crippen LogP contribution is -2.59. The maximum absolute atomic E-state index is 12.7. The Hall–Kier alpha value is -2.65. The van der Waals surface area contributed by atoms with Gasteiger partial charge in [0.1, 0.15) is 28.0 Å². The largest absolute Gasteiger partial charge is 0.459 e. The Bertz CT molecular complexity index is 2240. The standard InChI is InChI=1S/C20H34O2.C19H32O2.C15H28O2.C14H26O2.C12H22O2/c1-6-18(3,4)17(21)22-19(5,7-2)20-11-14-8-15(12-20)10-16(9-14)13-20;1-6-17(2,3)16(20)21-18(4,5)19-10-13-7-14(11-19)9-15(8-13)12-19;1-6-14(2,3)13(16)17-15(4,5)12-10-8-7-9-11-12;1-6-13(4,5)12(15)16-14(11(2)3)9-7-8-10-14;1-4-10(3)11(13)14-12(5-2)8-6-7-9-12/h14-16H,6-13H2,1-5H3;13-15H,6-12H2,1-5H3;12H,6-11H2,1-5H3;11H,6-10H2,1-5H3;10H,4-9H2,1-3H3. The molecule has 90 heavy (non-hydrogen) atoms. The zero-order chi connectivity index (χ0) is 67.7. The van der Waals surface area contributed by atoms with Gasteiger partial charge < -0.3 is 23.7 Å². The normalized spacial score (nSPS) is 29.3. The van der Waals surface area contributed by atoms with Crippen LogP contribution in [-0.4, -0.2) is 57.9 Å². The smallest absolute Gasteiger partial charge is 0.312 e. The van der Waals surface area contributed by atoms with E-state index in [4.69, 9.17) is 23.7 Å². The van der Waals surface area contributed by atoms with E-state index in [0.29, 0.717) is 11.8 Å². The van der Waals surface area contributed by atoms with Crippen molar-refractivity contribution in [2.45, 2.75) is 393 Å². The van der Waals surface area contributed by atoms with Gasteiger partial charge in [-0.1, -0.05) is 88.5 Å². The zero-order valence-electron chi connectivity index (χ0n) is 62.9. The summed E-state index contributed by atoms with van der Waals surface area (Å²) in [7, 11) is 0. The van der Waals surface area contributed by atoms with Crippen LogP contribution in [0.5, 0.6) is 0 Å². The minimum Gasteiger partial charge on any atom is -0.459 e. The molecule has 0 aromatic heterocycles. The molecule has 0 saturated heterocycles. The Labute approximate surface area is 553 Å². The zero-order valence-corrected chi connectivity index (χ0v) is 62.9. The average molecular weight is 1260 g/mol. The second kappa shape index (κ2) is 31.0. The summed E-state index contributed by atoms with van der Waals surface area (Å²) < 4.78 is 29.8. The first-order chi connectivity index (χ1) is 41.7.